The molecule has 1 saturated heterocycles. The highest BCUT2D eigenvalue weighted by Gasteiger charge is 2.25. The van der Waals surface area contributed by atoms with E-state index in [1.807, 2.05) is 23.1 Å². The van der Waals surface area contributed by atoms with Gasteiger partial charge in [0.25, 0.3) is 5.91 Å². The number of likely N-dealkylation sites (N-methyl/N-ethyl adjacent to an activating group) is 1. The minimum Gasteiger partial charge on any atom is -0.375 e. The number of fused-ring (bicyclic) bond motifs is 1. The molecule has 20 heavy (non-hydrogen) atoms. The molecule has 1 aliphatic heterocycles. The number of amides is 1. The van der Waals surface area contributed by atoms with Crippen LogP contribution in [0.5, 0.6) is 0 Å². The predicted molar refractivity (Wildman–Crippen MR) is 82.0 cm³/mol. The smallest absolute Gasteiger partial charge is 0.254 e. The third kappa shape index (κ3) is 2.36. The molecule has 0 saturated carbocycles. The van der Waals surface area contributed by atoms with Gasteiger partial charge in [0.1, 0.15) is 0 Å². The number of piperazine rings is 1. The molecule has 1 amide bonds. The summed E-state index contributed by atoms with van der Waals surface area (Å²) in [6, 6.07) is 6.01. The average Bonchev–Trinajstić information content (AvgIpc) is 2.80. The summed E-state index contributed by atoms with van der Waals surface area (Å²) in [6.07, 6.45) is 0. The van der Waals surface area contributed by atoms with Crippen molar-refractivity contribution in [3.8, 4) is 0 Å². The second-order valence-corrected chi connectivity index (χ2v) is 6.38. The Hall–Kier alpha value is -1.66. The van der Waals surface area contributed by atoms with Crippen LogP contribution in [0.3, 0.4) is 0 Å². The zero-order valence-electron chi connectivity index (χ0n) is 11.7. The fraction of sp³-hybridized carbons (Fsp3) is 0.429. The molecule has 5 nitrogen and oxygen atoms in total. The number of carbonyl (C=O) groups is 1. The van der Waals surface area contributed by atoms with E-state index in [-0.39, 0.29) is 5.91 Å². The summed E-state index contributed by atoms with van der Waals surface area (Å²) in [4.78, 5) is 21.0. The number of benzene rings is 1. The molecule has 2 heterocycles. The summed E-state index contributed by atoms with van der Waals surface area (Å²) < 4.78 is 0.968. The minimum atomic E-state index is 0.0961. The van der Waals surface area contributed by atoms with Gasteiger partial charge in [-0.1, -0.05) is 11.3 Å². The van der Waals surface area contributed by atoms with Gasteiger partial charge in [-0.25, -0.2) is 4.98 Å². The molecule has 0 aliphatic carbocycles. The number of thiazole rings is 1. The summed E-state index contributed by atoms with van der Waals surface area (Å²) in [5, 5.41) is 0.540. The number of hydrogen-bond donors (Lipinski definition) is 1. The zero-order valence-corrected chi connectivity index (χ0v) is 12.5. The molecule has 1 unspecified atom stereocenters. The topological polar surface area (TPSA) is 62.5 Å². The van der Waals surface area contributed by atoms with Crippen LogP contribution in [0.2, 0.25) is 0 Å². The summed E-state index contributed by atoms with van der Waals surface area (Å²) in [5.41, 5.74) is 7.28. The minimum absolute atomic E-state index is 0.0961. The Morgan fingerprint density at radius 3 is 3.00 bits per heavy atom. The van der Waals surface area contributed by atoms with Gasteiger partial charge in [-0.05, 0) is 32.2 Å². The number of nitrogens with two attached hydrogens (primary N) is 1. The zero-order chi connectivity index (χ0) is 14.3. The van der Waals surface area contributed by atoms with E-state index in [0.29, 0.717) is 11.2 Å². The van der Waals surface area contributed by atoms with Gasteiger partial charge in [-0.2, -0.15) is 0 Å². The maximum Gasteiger partial charge on any atom is 0.254 e. The standard InChI is InChI=1S/C14H18N4OS/c1-9-8-18(6-5-17(9)2)13(19)10-3-4-11-12(7-10)20-14(15)16-11/h3-4,7,9H,5-6,8H2,1-2H3,(H2,15,16). The van der Waals surface area contributed by atoms with Crippen molar-refractivity contribution in [2.45, 2.75) is 13.0 Å². The van der Waals surface area contributed by atoms with Crippen molar-refractivity contribution in [3.63, 3.8) is 0 Å². The second kappa shape index (κ2) is 5.03. The highest BCUT2D eigenvalue weighted by Crippen LogP contribution is 2.25. The van der Waals surface area contributed by atoms with E-state index in [1.165, 1.54) is 11.3 Å². The number of carbonyl (C=O) groups excluding carboxylic acids is 1. The molecule has 3 rings (SSSR count). The van der Waals surface area contributed by atoms with Crippen LogP contribution >= 0.6 is 11.3 Å². The van der Waals surface area contributed by atoms with Crippen molar-refractivity contribution in [2.75, 3.05) is 32.4 Å². The molecule has 106 valence electrons. The molecule has 0 bridgehead atoms. The number of aromatic nitrogens is 1. The summed E-state index contributed by atoms with van der Waals surface area (Å²) >= 11 is 1.42. The molecule has 0 radical (unpaired) electrons. The number of rotatable bonds is 1. The molecule has 1 fully saturated rings. The molecular formula is C14H18N4OS. The van der Waals surface area contributed by atoms with Gasteiger partial charge in [0, 0.05) is 31.2 Å². The highest BCUT2D eigenvalue weighted by atomic mass is 32.1. The largest absolute Gasteiger partial charge is 0.375 e. The van der Waals surface area contributed by atoms with Crippen LogP contribution in [0.15, 0.2) is 18.2 Å². The van der Waals surface area contributed by atoms with Gasteiger partial charge in [0.2, 0.25) is 0 Å². The van der Waals surface area contributed by atoms with Crippen molar-refractivity contribution in [3.05, 3.63) is 23.8 Å². The van der Waals surface area contributed by atoms with E-state index < -0.39 is 0 Å². The molecule has 1 aliphatic rings. The molecular weight excluding hydrogens is 272 g/mol. The van der Waals surface area contributed by atoms with E-state index in [0.717, 1.165) is 35.4 Å². The van der Waals surface area contributed by atoms with E-state index in [1.54, 1.807) is 0 Å². The maximum absolute atomic E-state index is 12.6. The van der Waals surface area contributed by atoms with Crippen LogP contribution < -0.4 is 5.73 Å². The van der Waals surface area contributed by atoms with Crippen LogP contribution in [0.4, 0.5) is 5.13 Å². The number of anilines is 1. The Bertz CT molecular complexity index is 654. The lowest BCUT2D eigenvalue weighted by atomic mass is 10.1. The highest BCUT2D eigenvalue weighted by molar-refractivity contribution is 7.22. The first-order chi connectivity index (χ1) is 9.54. The van der Waals surface area contributed by atoms with Crippen LogP contribution in [0, 0.1) is 0 Å². The van der Waals surface area contributed by atoms with Gasteiger partial charge < -0.3 is 15.5 Å². The molecule has 6 heteroatoms. The first kappa shape index (κ1) is 13.3. The van der Waals surface area contributed by atoms with Crippen molar-refractivity contribution in [1.82, 2.24) is 14.8 Å². The monoisotopic (exact) mass is 290 g/mol. The van der Waals surface area contributed by atoms with Crippen molar-refractivity contribution >= 4 is 32.6 Å². The normalized spacial score (nSPS) is 20.5. The van der Waals surface area contributed by atoms with Crippen LogP contribution in [0.1, 0.15) is 17.3 Å². The maximum atomic E-state index is 12.6. The van der Waals surface area contributed by atoms with Crippen LogP contribution in [0.25, 0.3) is 10.2 Å². The van der Waals surface area contributed by atoms with Crippen LogP contribution in [-0.4, -0.2) is 53.4 Å². The molecule has 2 aromatic rings. The Kier molecular flexibility index (Phi) is 3.35. The lowest BCUT2D eigenvalue weighted by Crippen LogP contribution is -2.52. The first-order valence-corrected chi connectivity index (χ1v) is 7.52. The van der Waals surface area contributed by atoms with Crippen molar-refractivity contribution in [1.29, 1.82) is 0 Å². The summed E-state index contributed by atoms with van der Waals surface area (Å²) in [5.74, 6) is 0.0961. The Labute approximate surface area is 122 Å². The Balaban J connectivity index is 1.84. The van der Waals surface area contributed by atoms with Gasteiger partial charge in [0.15, 0.2) is 5.13 Å². The van der Waals surface area contributed by atoms with Gasteiger partial charge in [0.05, 0.1) is 10.2 Å². The van der Waals surface area contributed by atoms with E-state index >= 15 is 0 Å². The van der Waals surface area contributed by atoms with E-state index in [2.05, 4.69) is 23.9 Å². The van der Waals surface area contributed by atoms with E-state index in [4.69, 9.17) is 5.73 Å². The lowest BCUT2D eigenvalue weighted by molar-refractivity contribution is 0.0572. The third-order valence-electron chi connectivity index (χ3n) is 3.90. The van der Waals surface area contributed by atoms with Gasteiger partial charge in [-0.3, -0.25) is 4.79 Å². The van der Waals surface area contributed by atoms with Gasteiger partial charge in [-0.15, -0.1) is 0 Å². The fourth-order valence-corrected chi connectivity index (χ4v) is 3.26. The summed E-state index contributed by atoms with van der Waals surface area (Å²) in [7, 11) is 2.10. The lowest BCUT2D eigenvalue weighted by Gasteiger charge is -2.37. The molecule has 1 aromatic heterocycles. The molecule has 1 atom stereocenters. The number of nitrogen functional groups attached to an aromatic ring is 1. The van der Waals surface area contributed by atoms with Crippen molar-refractivity contribution < 1.29 is 4.79 Å². The predicted octanol–water partition coefficient (Wildman–Crippen LogP) is 1.65. The number of hydrogen-bond acceptors (Lipinski definition) is 5. The molecule has 0 spiro atoms. The molecule has 1 aromatic carbocycles. The second-order valence-electron chi connectivity index (χ2n) is 5.32. The van der Waals surface area contributed by atoms with Crippen LogP contribution in [-0.2, 0) is 0 Å². The van der Waals surface area contributed by atoms with Crippen molar-refractivity contribution in [2.24, 2.45) is 0 Å². The van der Waals surface area contributed by atoms with Gasteiger partial charge >= 0.3 is 0 Å². The number of nitrogens with zero attached hydrogens (tertiary/aromatic N) is 3. The summed E-state index contributed by atoms with van der Waals surface area (Å²) in [6.45, 7) is 4.62. The first-order valence-electron chi connectivity index (χ1n) is 6.70. The third-order valence-corrected chi connectivity index (χ3v) is 4.75. The van der Waals surface area contributed by atoms with E-state index in [9.17, 15) is 4.79 Å². The SMILES string of the molecule is CC1CN(C(=O)c2ccc3nc(N)sc3c2)CCN1C. The quantitative estimate of drug-likeness (QED) is 0.867. The molecule has 2 N–H and O–H groups in total. The fourth-order valence-electron chi connectivity index (χ4n) is 2.49. The Morgan fingerprint density at radius 2 is 2.25 bits per heavy atom. The average molecular weight is 290 g/mol. The Morgan fingerprint density at radius 1 is 1.45 bits per heavy atom.